The molecule has 1 saturated carbocycles. The molecule has 5 heteroatoms. The van der Waals surface area contributed by atoms with E-state index in [1.807, 2.05) is 24.3 Å². The molecule has 0 bridgehead atoms. The molecule has 3 aromatic rings. The van der Waals surface area contributed by atoms with Crippen LogP contribution in [0.1, 0.15) is 25.7 Å². The summed E-state index contributed by atoms with van der Waals surface area (Å²) in [4.78, 5) is 8.76. The maximum Gasteiger partial charge on any atom is 0.196 e. The number of aromatic nitrogens is 2. The topological polar surface area (TPSA) is 71.2 Å². The molecule has 2 heterocycles. The number of aliphatic hydroxyl groups excluding tert-OH is 1. The third kappa shape index (κ3) is 2.22. The van der Waals surface area contributed by atoms with Gasteiger partial charge in [-0.25, -0.2) is 9.97 Å². The first-order chi connectivity index (χ1) is 10.9. The van der Waals surface area contributed by atoms with Gasteiger partial charge >= 0.3 is 0 Å². The fourth-order valence-corrected chi connectivity index (χ4v) is 3.54. The minimum atomic E-state index is 0.243. The van der Waals surface area contributed by atoms with Crippen molar-refractivity contribution in [2.75, 3.05) is 11.9 Å². The molecule has 0 saturated heterocycles. The molecule has 2 atom stereocenters. The molecule has 22 heavy (non-hydrogen) atoms. The summed E-state index contributed by atoms with van der Waals surface area (Å²) in [6.07, 6.45) is 5.88. The zero-order valence-corrected chi connectivity index (χ0v) is 12.3. The lowest BCUT2D eigenvalue weighted by Crippen LogP contribution is -2.25. The van der Waals surface area contributed by atoms with Gasteiger partial charge in [-0.05, 0) is 37.3 Å². The second-order valence-electron chi connectivity index (χ2n) is 5.95. The molecular formula is C17H19N3O2. The fourth-order valence-electron chi connectivity index (χ4n) is 3.54. The normalized spacial score (nSPS) is 21.7. The lowest BCUT2D eigenvalue weighted by atomic mass is 10.00. The van der Waals surface area contributed by atoms with E-state index < -0.39 is 0 Å². The number of benzene rings is 1. The highest BCUT2D eigenvalue weighted by molar-refractivity contribution is 6.05. The summed E-state index contributed by atoms with van der Waals surface area (Å²) < 4.78 is 5.95. The van der Waals surface area contributed by atoms with Crippen LogP contribution < -0.4 is 5.32 Å². The van der Waals surface area contributed by atoms with Crippen LogP contribution in [-0.4, -0.2) is 27.7 Å². The number of hydrogen-bond donors (Lipinski definition) is 2. The quantitative estimate of drug-likeness (QED) is 0.773. The second-order valence-corrected chi connectivity index (χ2v) is 5.95. The number of aliphatic hydroxyl groups is 1. The zero-order valence-electron chi connectivity index (χ0n) is 12.3. The molecule has 1 aromatic carbocycles. The molecule has 0 amide bonds. The van der Waals surface area contributed by atoms with Crippen molar-refractivity contribution < 1.29 is 9.52 Å². The summed E-state index contributed by atoms with van der Waals surface area (Å²) >= 11 is 0. The van der Waals surface area contributed by atoms with E-state index in [0.717, 1.165) is 47.1 Å². The SMILES string of the molecule is OCCC1CCCC1Nc1ncnc2c1oc1ccccc12. The van der Waals surface area contributed by atoms with Crippen LogP contribution in [-0.2, 0) is 0 Å². The van der Waals surface area contributed by atoms with Crippen molar-refractivity contribution in [3.63, 3.8) is 0 Å². The Labute approximate surface area is 128 Å². The Morgan fingerprint density at radius 2 is 2.14 bits per heavy atom. The van der Waals surface area contributed by atoms with Crippen LogP contribution in [0.5, 0.6) is 0 Å². The van der Waals surface area contributed by atoms with Crippen molar-refractivity contribution in [1.29, 1.82) is 0 Å². The third-order valence-corrected chi connectivity index (χ3v) is 4.64. The highest BCUT2D eigenvalue weighted by atomic mass is 16.3. The minimum absolute atomic E-state index is 0.243. The van der Waals surface area contributed by atoms with Gasteiger partial charge in [0.1, 0.15) is 17.4 Å². The molecule has 114 valence electrons. The zero-order chi connectivity index (χ0) is 14.9. The van der Waals surface area contributed by atoms with Gasteiger partial charge in [-0.2, -0.15) is 0 Å². The Kier molecular flexibility index (Phi) is 3.42. The van der Waals surface area contributed by atoms with Crippen LogP contribution in [0.2, 0.25) is 0 Å². The Bertz CT molecular complexity index is 799. The Morgan fingerprint density at radius 1 is 1.23 bits per heavy atom. The van der Waals surface area contributed by atoms with Gasteiger partial charge in [0.2, 0.25) is 0 Å². The van der Waals surface area contributed by atoms with Gasteiger partial charge in [0.25, 0.3) is 0 Å². The molecule has 2 N–H and O–H groups in total. The Balaban J connectivity index is 1.72. The summed E-state index contributed by atoms with van der Waals surface area (Å²) in [6, 6.07) is 8.26. The molecular weight excluding hydrogens is 278 g/mol. The van der Waals surface area contributed by atoms with Crippen molar-refractivity contribution in [2.45, 2.75) is 31.7 Å². The van der Waals surface area contributed by atoms with E-state index in [1.165, 1.54) is 6.42 Å². The average molecular weight is 297 g/mol. The second kappa shape index (κ2) is 5.57. The van der Waals surface area contributed by atoms with E-state index in [-0.39, 0.29) is 6.61 Å². The first-order valence-electron chi connectivity index (χ1n) is 7.86. The van der Waals surface area contributed by atoms with Crippen molar-refractivity contribution in [2.24, 2.45) is 5.92 Å². The van der Waals surface area contributed by atoms with E-state index in [4.69, 9.17) is 4.42 Å². The lowest BCUT2D eigenvalue weighted by Gasteiger charge is -2.20. The van der Waals surface area contributed by atoms with Gasteiger partial charge in [0.15, 0.2) is 11.4 Å². The average Bonchev–Trinajstić information content (AvgIpc) is 3.13. The van der Waals surface area contributed by atoms with Gasteiger partial charge in [0.05, 0.1) is 0 Å². The summed E-state index contributed by atoms with van der Waals surface area (Å²) in [5, 5.41) is 13.7. The smallest absolute Gasteiger partial charge is 0.196 e. The number of para-hydroxylation sites is 1. The highest BCUT2D eigenvalue weighted by Crippen LogP contribution is 2.34. The number of rotatable bonds is 4. The lowest BCUT2D eigenvalue weighted by molar-refractivity contribution is 0.254. The third-order valence-electron chi connectivity index (χ3n) is 4.64. The highest BCUT2D eigenvalue weighted by Gasteiger charge is 2.28. The van der Waals surface area contributed by atoms with Crippen molar-refractivity contribution in [3.8, 4) is 0 Å². The monoisotopic (exact) mass is 297 g/mol. The summed E-state index contributed by atoms with van der Waals surface area (Å²) in [5.74, 6) is 1.26. The molecule has 0 radical (unpaired) electrons. The van der Waals surface area contributed by atoms with Gasteiger partial charge in [-0.1, -0.05) is 18.6 Å². The predicted octanol–water partition coefficient (Wildman–Crippen LogP) is 3.34. The molecule has 4 rings (SSSR count). The number of hydrogen-bond acceptors (Lipinski definition) is 5. The first-order valence-corrected chi connectivity index (χ1v) is 7.86. The number of anilines is 1. The molecule has 0 aliphatic heterocycles. The van der Waals surface area contributed by atoms with Crippen molar-refractivity contribution in [3.05, 3.63) is 30.6 Å². The van der Waals surface area contributed by atoms with Crippen molar-refractivity contribution in [1.82, 2.24) is 9.97 Å². The Hall–Kier alpha value is -2.14. The van der Waals surface area contributed by atoms with Gasteiger partial charge < -0.3 is 14.8 Å². The number of fused-ring (bicyclic) bond motifs is 3. The fraction of sp³-hybridized carbons (Fsp3) is 0.412. The van der Waals surface area contributed by atoms with Crippen molar-refractivity contribution >= 4 is 27.9 Å². The summed E-state index contributed by atoms with van der Waals surface area (Å²) in [6.45, 7) is 0.243. The minimum Gasteiger partial charge on any atom is -0.450 e. The molecule has 2 unspecified atom stereocenters. The van der Waals surface area contributed by atoms with Crippen LogP contribution >= 0.6 is 0 Å². The van der Waals surface area contributed by atoms with Gasteiger partial charge in [0, 0.05) is 18.0 Å². The van der Waals surface area contributed by atoms with Gasteiger partial charge in [-0.15, -0.1) is 0 Å². The molecule has 0 spiro atoms. The van der Waals surface area contributed by atoms with E-state index in [0.29, 0.717) is 12.0 Å². The number of furan rings is 1. The van der Waals surface area contributed by atoms with E-state index >= 15 is 0 Å². The van der Waals surface area contributed by atoms with Gasteiger partial charge in [-0.3, -0.25) is 0 Å². The maximum absolute atomic E-state index is 9.21. The molecule has 1 fully saturated rings. The Morgan fingerprint density at radius 3 is 3.05 bits per heavy atom. The maximum atomic E-state index is 9.21. The summed E-state index contributed by atoms with van der Waals surface area (Å²) in [7, 11) is 0. The standard InChI is InChI=1S/C17H19N3O2/c21-9-8-11-4-3-6-13(11)20-17-16-15(18-10-19-17)12-5-1-2-7-14(12)22-16/h1-2,5,7,10-11,13,21H,3-4,6,8-9H2,(H,18,19,20). The van der Waals surface area contributed by atoms with Crippen LogP contribution in [0.3, 0.4) is 0 Å². The molecule has 5 nitrogen and oxygen atoms in total. The van der Waals surface area contributed by atoms with Crippen LogP contribution in [0.4, 0.5) is 5.82 Å². The van der Waals surface area contributed by atoms with E-state index in [1.54, 1.807) is 6.33 Å². The largest absolute Gasteiger partial charge is 0.450 e. The summed E-state index contributed by atoms with van der Waals surface area (Å²) in [5.41, 5.74) is 2.41. The van der Waals surface area contributed by atoms with E-state index in [9.17, 15) is 5.11 Å². The number of nitrogens with one attached hydrogen (secondary N) is 1. The van der Waals surface area contributed by atoms with Crippen LogP contribution in [0, 0.1) is 5.92 Å². The predicted molar refractivity (Wildman–Crippen MR) is 85.8 cm³/mol. The molecule has 2 aromatic heterocycles. The first kappa shape index (κ1) is 13.5. The van der Waals surface area contributed by atoms with E-state index in [2.05, 4.69) is 15.3 Å². The van der Waals surface area contributed by atoms with Crippen LogP contribution in [0.15, 0.2) is 35.0 Å². The number of nitrogens with zero attached hydrogens (tertiary/aromatic N) is 2. The van der Waals surface area contributed by atoms with Crippen LogP contribution in [0.25, 0.3) is 22.1 Å². The molecule has 1 aliphatic rings. The molecule has 1 aliphatic carbocycles.